The molecule has 0 aliphatic rings. The molecule has 0 aromatic carbocycles. The van der Waals surface area contributed by atoms with Gasteiger partial charge in [0, 0.05) is 7.05 Å². The fourth-order valence-corrected chi connectivity index (χ4v) is 2.78. The standard InChI is InChI=1S/C9H11N5O2S2/c1-3-5-7(18-13-10-5)8-11-12-9(14(8)2)17-4-6(15)16/h3-4H2,1-2H3,(H,15,16). The van der Waals surface area contributed by atoms with Crippen LogP contribution in [0.5, 0.6) is 0 Å². The van der Waals surface area contributed by atoms with Crippen molar-refractivity contribution in [3.8, 4) is 10.7 Å². The molecule has 7 nitrogen and oxygen atoms in total. The molecule has 0 aliphatic carbocycles. The third-order valence-electron chi connectivity index (χ3n) is 2.25. The molecule has 0 radical (unpaired) electrons. The third-order valence-corrected chi connectivity index (χ3v) is 4.02. The average molecular weight is 285 g/mol. The predicted octanol–water partition coefficient (Wildman–Crippen LogP) is 1.07. The number of aliphatic carboxylic acids is 1. The number of aromatic nitrogens is 5. The fourth-order valence-electron chi connectivity index (χ4n) is 1.37. The Labute approximate surface area is 111 Å². The lowest BCUT2D eigenvalue weighted by Gasteiger charge is -2.01. The zero-order valence-corrected chi connectivity index (χ0v) is 11.5. The Morgan fingerprint density at radius 2 is 2.22 bits per heavy atom. The van der Waals surface area contributed by atoms with Crippen molar-refractivity contribution in [2.24, 2.45) is 7.05 Å². The molecule has 2 aromatic rings. The molecular weight excluding hydrogens is 274 g/mol. The first-order valence-corrected chi connectivity index (χ1v) is 6.95. The lowest BCUT2D eigenvalue weighted by atomic mass is 10.3. The maximum Gasteiger partial charge on any atom is 0.313 e. The van der Waals surface area contributed by atoms with Gasteiger partial charge in [0.25, 0.3) is 0 Å². The van der Waals surface area contributed by atoms with Crippen molar-refractivity contribution in [2.45, 2.75) is 18.5 Å². The fraction of sp³-hybridized carbons (Fsp3) is 0.444. The van der Waals surface area contributed by atoms with Crippen LogP contribution in [0.4, 0.5) is 0 Å². The summed E-state index contributed by atoms with van der Waals surface area (Å²) >= 11 is 2.41. The molecule has 0 bridgehead atoms. The van der Waals surface area contributed by atoms with Crippen molar-refractivity contribution in [3.05, 3.63) is 5.69 Å². The van der Waals surface area contributed by atoms with E-state index in [1.807, 2.05) is 6.92 Å². The highest BCUT2D eigenvalue weighted by Gasteiger charge is 2.17. The van der Waals surface area contributed by atoms with Gasteiger partial charge in [-0.1, -0.05) is 23.2 Å². The van der Waals surface area contributed by atoms with Gasteiger partial charge in [0.15, 0.2) is 11.0 Å². The van der Waals surface area contributed by atoms with Crippen LogP contribution in [-0.4, -0.2) is 41.2 Å². The number of carbonyl (C=O) groups is 1. The van der Waals surface area contributed by atoms with E-state index in [0.717, 1.165) is 28.8 Å². The number of carboxylic acid groups (broad SMARTS) is 1. The molecule has 0 aliphatic heterocycles. The molecule has 9 heteroatoms. The highest BCUT2D eigenvalue weighted by atomic mass is 32.2. The van der Waals surface area contributed by atoms with E-state index >= 15 is 0 Å². The van der Waals surface area contributed by atoms with Gasteiger partial charge >= 0.3 is 5.97 Å². The van der Waals surface area contributed by atoms with E-state index in [2.05, 4.69) is 19.8 Å². The van der Waals surface area contributed by atoms with Gasteiger partial charge in [-0.2, -0.15) is 0 Å². The zero-order valence-electron chi connectivity index (χ0n) is 9.82. The quantitative estimate of drug-likeness (QED) is 0.821. The van der Waals surface area contributed by atoms with Crippen molar-refractivity contribution in [1.29, 1.82) is 0 Å². The Kier molecular flexibility index (Phi) is 3.92. The Hall–Kier alpha value is -1.48. The normalized spacial score (nSPS) is 10.8. The van der Waals surface area contributed by atoms with E-state index in [4.69, 9.17) is 5.11 Å². The molecule has 0 saturated carbocycles. The van der Waals surface area contributed by atoms with E-state index in [9.17, 15) is 4.79 Å². The summed E-state index contributed by atoms with van der Waals surface area (Å²) in [4.78, 5) is 11.4. The molecule has 0 saturated heterocycles. The smallest absolute Gasteiger partial charge is 0.313 e. The van der Waals surface area contributed by atoms with Gasteiger partial charge in [0.05, 0.1) is 11.4 Å². The Bertz CT molecular complexity index is 565. The van der Waals surface area contributed by atoms with E-state index < -0.39 is 5.97 Å². The zero-order chi connectivity index (χ0) is 13.1. The maximum absolute atomic E-state index is 10.5. The minimum atomic E-state index is -0.877. The molecule has 0 fully saturated rings. The summed E-state index contributed by atoms with van der Waals surface area (Å²) in [5.74, 6) is -0.235. The van der Waals surface area contributed by atoms with Gasteiger partial charge < -0.3 is 9.67 Å². The second-order valence-electron chi connectivity index (χ2n) is 3.45. The number of rotatable bonds is 5. The van der Waals surface area contributed by atoms with Crippen LogP contribution in [0.1, 0.15) is 12.6 Å². The SMILES string of the molecule is CCc1nnsc1-c1nnc(SCC(=O)O)n1C. The molecule has 0 amide bonds. The predicted molar refractivity (Wildman–Crippen MR) is 67.6 cm³/mol. The van der Waals surface area contributed by atoms with Crippen LogP contribution < -0.4 is 0 Å². The van der Waals surface area contributed by atoms with Crippen LogP contribution in [0.3, 0.4) is 0 Å². The molecule has 0 spiro atoms. The largest absolute Gasteiger partial charge is 0.481 e. The van der Waals surface area contributed by atoms with Crippen LogP contribution in [-0.2, 0) is 18.3 Å². The Morgan fingerprint density at radius 1 is 1.44 bits per heavy atom. The molecule has 2 rings (SSSR count). The van der Waals surface area contributed by atoms with Gasteiger partial charge in [-0.15, -0.1) is 15.3 Å². The number of carboxylic acids is 1. The first-order valence-electron chi connectivity index (χ1n) is 5.19. The number of hydrogen-bond donors (Lipinski definition) is 1. The number of nitrogens with zero attached hydrogens (tertiary/aromatic N) is 5. The minimum absolute atomic E-state index is 0.0342. The van der Waals surface area contributed by atoms with E-state index in [0.29, 0.717) is 11.0 Å². The van der Waals surface area contributed by atoms with Crippen LogP contribution in [0.25, 0.3) is 10.7 Å². The molecular formula is C9H11N5O2S2. The second-order valence-corrected chi connectivity index (χ2v) is 5.15. The number of aryl methyl sites for hydroxylation is 1. The molecule has 2 heterocycles. The summed E-state index contributed by atoms with van der Waals surface area (Å²) in [6, 6.07) is 0. The molecule has 18 heavy (non-hydrogen) atoms. The van der Waals surface area contributed by atoms with E-state index in [1.54, 1.807) is 11.6 Å². The van der Waals surface area contributed by atoms with Crippen molar-refractivity contribution < 1.29 is 9.90 Å². The summed E-state index contributed by atoms with van der Waals surface area (Å²) in [7, 11) is 1.80. The minimum Gasteiger partial charge on any atom is -0.481 e. The monoisotopic (exact) mass is 285 g/mol. The van der Waals surface area contributed by atoms with E-state index in [1.165, 1.54) is 11.5 Å². The number of thioether (sulfide) groups is 1. The van der Waals surface area contributed by atoms with Crippen molar-refractivity contribution in [2.75, 3.05) is 5.75 Å². The molecule has 1 N–H and O–H groups in total. The van der Waals surface area contributed by atoms with Gasteiger partial charge in [-0.05, 0) is 18.0 Å². The summed E-state index contributed by atoms with van der Waals surface area (Å²) < 4.78 is 5.67. The second kappa shape index (κ2) is 5.44. The van der Waals surface area contributed by atoms with Crippen LogP contribution in [0, 0.1) is 0 Å². The van der Waals surface area contributed by atoms with Crippen molar-refractivity contribution in [3.63, 3.8) is 0 Å². The van der Waals surface area contributed by atoms with E-state index in [-0.39, 0.29) is 5.75 Å². The van der Waals surface area contributed by atoms with Crippen LogP contribution in [0.15, 0.2) is 5.16 Å². The highest BCUT2D eigenvalue weighted by molar-refractivity contribution is 7.99. The average Bonchev–Trinajstić information content (AvgIpc) is 2.92. The molecule has 0 atom stereocenters. The summed E-state index contributed by atoms with van der Waals surface area (Å²) in [5.41, 5.74) is 0.880. The number of hydrogen-bond acceptors (Lipinski definition) is 7. The van der Waals surface area contributed by atoms with Gasteiger partial charge in [-0.3, -0.25) is 4.79 Å². The molecule has 0 unspecified atom stereocenters. The highest BCUT2D eigenvalue weighted by Crippen LogP contribution is 2.27. The lowest BCUT2D eigenvalue weighted by Crippen LogP contribution is -2.01. The van der Waals surface area contributed by atoms with Crippen LogP contribution in [0.2, 0.25) is 0 Å². The van der Waals surface area contributed by atoms with Gasteiger partial charge in [0.1, 0.15) is 4.88 Å². The summed E-state index contributed by atoms with van der Waals surface area (Å²) in [5, 5.41) is 21.3. The van der Waals surface area contributed by atoms with Crippen molar-refractivity contribution in [1.82, 2.24) is 24.4 Å². The first kappa shape index (κ1) is 13.0. The summed E-state index contributed by atoms with van der Waals surface area (Å²) in [6.45, 7) is 2.00. The Balaban J connectivity index is 2.28. The maximum atomic E-state index is 10.5. The lowest BCUT2D eigenvalue weighted by molar-refractivity contribution is -0.133. The van der Waals surface area contributed by atoms with Gasteiger partial charge in [0.2, 0.25) is 0 Å². The summed E-state index contributed by atoms with van der Waals surface area (Å²) in [6.07, 6.45) is 0.774. The topological polar surface area (TPSA) is 93.8 Å². The third kappa shape index (κ3) is 2.51. The first-order chi connectivity index (χ1) is 8.63. The molecule has 2 aromatic heterocycles. The van der Waals surface area contributed by atoms with Crippen LogP contribution >= 0.6 is 23.3 Å². The van der Waals surface area contributed by atoms with Gasteiger partial charge in [-0.25, -0.2) is 0 Å². The van der Waals surface area contributed by atoms with Crippen molar-refractivity contribution >= 4 is 29.3 Å². The molecule has 96 valence electrons. The Morgan fingerprint density at radius 3 is 2.89 bits per heavy atom.